The van der Waals surface area contributed by atoms with E-state index in [-0.39, 0.29) is 6.03 Å². The van der Waals surface area contributed by atoms with Crippen molar-refractivity contribution in [2.45, 2.75) is 13.5 Å². The minimum Gasteiger partial charge on any atom is -0.336 e. The summed E-state index contributed by atoms with van der Waals surface area (Å²) in [7, 11) is 0. The number of hydrogen-bond donors (Lipinski definition) is 2. The molecule has 2 aromatic carbocycles. The number of amides is 2. The van der Waals surface area contributed by atoms with Gasteiger partial charge in [-0.25, -0.2) is 14.8 Å². The van der Waals surface area contributed by atoms with E-state index in [0.29, 0.717) is 23.8 Å². The zero-order chi connectivity index (χ0) is 20.2. The van der Waals surface area contributed by atoms with Gasteiger partial charge in [0.15, 0.2) is 5.65 Å². The Labute approximate surface area is 173 Å². The first-order valence-electron chi connectivity index (χ1n) is 9.30. The van der Waals surface area contributed by atoms with Gasteiger partial charge in [0.05, 0.1) is 0 Å². The number of halogens is 1. The van der Waals surface area contributed by atoms with Gasteiger partial charge < -0.3 is 15.2 Å². The number of nitrogens with one attached hydrogen (secondary N) is 2. The van der Waals surface area contributed by atoms with E-state index >= 15 is 0 Å². The maximum atomic E-state index is 12.3. The van der Waals surface area contributed by atoms with E-state index in [1.807, 2.05) is 60.0 Å². The average Bonchev–Trinajstić information content (AvgIpc) is 3.11. The third kappa shape index (κ3) is 4.07. The Hall–Kier alpha value is -3.38. The number of rotatable bonds is 5. The molecule has 7 heteroatoms. The largest absolute Gasteiger partial charge is 0.336 e. The predicted octanol–water partition coefficient (Wildman–Crippen LogP) is 4.88. The van der Waals surface area contributed by atoms with Crippen molar-refractivity contribution in [3.63, 3.8) is 0 Å². The third-order valence-electron chi connectivity index (χ3n) is 4.67. The number of anilines is 1. The number of carbonyl (C=O) groups excluding carboxylic acids is 1. The molecule has 146 valence electrons. The summed E-state index contributed by atoms with van der Waals surface area (Å²) < 4.78 is 2.02. The summed E-state index contributed by atoms with van der Waals surface area (Å²) in [4.78, 5) is 21.5. The molecule has 2 aromatic heterocycles. The first-order valence-corrected chi connectivity index (χ1v) is 9.68. The first kappa shape index (κ1) is 19.0. The Morgan fingerprint density at radius 2 is 1.90 bits per heavy atom. The van der Waals surface area contributed by atoms with Crippen molar-refractivity contribution in [1.29, 1.82) is 0 Å². The van der Waals surface area contributed by atoms with Gasteiger partial charge in [0, 0.05) is 35.6 Å². The van der Waals surface area contributed by atoms with Gasteiger partial charge in [0.25, 0.3) is 0 Å². The Bertz CT molecular complexity index is 1160. The van der Waals surface area contributed by atoms with E-state index < -0.39 is 0 Å². The van der Waals surface area contributed by atoms with Gasteiger partial charge in [0.1, 0.15) is 11.3 Å². The number of hydrogen-bond acceptors (Lipinski definition) is 3. The Balaban J connectivity index is 1.50. The summed E-state index contributed by atoms with van der Waals surface area (Å²) in [5.41, 5.74) is 4.14. The Morgan fingerprint density at radius 1 is 1.07 bits per heavy atom. The minimum absolute atomic E-state index is 0.283. The van der Waals surface area contributed by atoms with E-state index in [9.17, 15) is 4.79 Å². The van der Waals surface area contributed by atoms with E-state index in [0.717, 1.165) is 28.1 Å². The van der Waals surface area contributed by atoms with E-state index in [1.165, 1.54) is 0 Å². The molecule has 0 saturated carbocycles. The minimum atomic E-state index is -0.283. The summed E-state index contributed by atoms with van der Waals surface area (Å²) in [6, 6.07) is 18.9. The smallest absolute Gasteiger partial charge is 0.319 e. The van der Waals surface area contributed by atoms with Crippen LogP contribution in [0.1, 0.15) is 5.56 Å². The standard InChI is InChI=1S/C22H20ClN5O/c1-15-17(23)9-5-10-18(15)27-22(29)25-13-14-28-20(16-7-3-2-4-8-16)26-19-11-6-12-24-21(19)28/h2-12H,13-14H2,1H3,(H2,25,27,29). The second-order valence-electron chi connectivity index (χ2n) is 6.59. The van der Waals surface area contributed by atoms with Crippen LogP contribution in [-0.4, -0.2) is 27.1 Å². The molecular weight excluding hydrogens is 386 g/mol. The van der Waals surface area contributed by atoms with Crippen molar-refractivity contribution in [3.8, 4) is 11.4 Å². The number of carbonyl (C=O) groups is 1. The van der Waals surface area contributed by atoms with Crippen LogP contribution in [-0.2, 0) is 6.54 Å². The Morgan fingerprint density at radius 3 is 2.72 bits per heavy atom. The van der Waals surface area contributed by atoms with Crippen LogP contribution < -0.4 is 10.6 Å². The molecule has 6 nitrogen and oxygen atoms in total. The summed E-state index contributed by atoms with van der Waals surface area (Å²) in [6.07, 6.45) is 1.75. The molecule has 4 rings (SSSR count). The highest BCUT2D eigenvalue weighted by molar-refractivity contribution is 6.31. The van der Waals surface area contributed by atoms with E-state index in [2.05, 4.69) is 15.6 Å². The number of aromatic nitrogens is 3. The van der Waals surface area contributed by atoms with E-state index in [1.54, 1.807) is 18.3 Å². The number of benzene rings is 2. The fourth-order valence-corrected chi connectivity index (χ4v) is 3.34. The quantitative estimate of drug-likeness (QED) is 0.497. The Kier molecular flexibility index (Phi) is 5.44. The molecule has 2 heterocycles. The van der Waals surface area contributed by atoms with Crippen molar-refractivity contribution in [3.05, 3.63) is 77.4 Å². The summed E-state index contributed by atoms with van der Waals surface area (Å²) in [5, 5.41) is 6.35. The fraction of sp³-hybridized carbons (Fsp3) is 0.136. The van der Waals surface area contributed by atoms with Gasteiger partial charge in [0.2, 0.25) is 0 Å². The maximum absolute atomic E-state index is 12.3. The van der Waals surface area contributed by atoms with Crippen LogP contribution in [0.3, 0.4) is 0 Å². The normalized spacial score (nSPS) is 10.8. The molecule has 0 atom stereocenters. The molecule has 2 N–H and O–H groups in total. The molecule has 0 radical (unpaired) electrons. The average molecular weight is 406 g/mol. The number of urea groups is 1. The lowest BCUT2D eigenvalue weighted by molar-refractivity contribution is 0.251. The summed E-state index contributed by atoms with van der Waals surface area (Å²) >= 11 is 6.11. The number of fused-ring (bicyclic) bond motifs is 1. The van der Waals surface area contributed by atoms with Crippen LogP contribution in [0.4, 0.5) is 10.5 Å². The second kappa shape index (κ2) is 8.32. The second-order valence-corrected chi connectivity index (χ2v) is 7.00. The van der Waals surface area contributed by atoms with Gasteiger partial charge in [-0.15, -0.1) is 0 Å². The van der Waals surface area contributed by atoms with Crippen LogP contribution in [0.15, 0.2) is 66.9 Å². The summed E-state index contributed by atoms with van der Waals surface area (Å²) in [6.45, 7) is 2.83. The maximum Gasteiger partial charge on any atom is 0.319 e. The topological polar surface area (TPSA) is 71.8 Å². The number of pyridine rings is 1. The van der Waals surface area contributed by atoms with Gasteiger partial charge >= 0.3 is 6.03 Å². The van der Waals surface area contributed by atoms with Gasteiger partial charge in [-0.05, 0) is 36.8 Å². The van der Waals surface area contributed by atoms with Crippen LogP contribution >= 0.6 is 11.6 Å². The first-order chi connectivity index (χ1) is 14.1. The van der Waals surface area contributed by atoms with Crippen LogP contribution in [0.5, 0.6) is 0 Å². The highest BCUT2D eigenvalue weighted by Crippen LogP contribution is 2.24. The molecule has 0 fully saturated rings. The van der Waals surface area contributed by atoms with E-state index in [4.69, 9.17) is 16.6 Å². The van der Waals surface area contributed by atoms with Gasteiger partial charge in [-0.2, -0.15) is 0 Å². The molecule has 0 aliphatic rings. The highest BCUT2D eigenvalue weighted by atomic mass is 35.5. The molecule has 29 heavy (non-hydrogen) atoms. The van der Waals surface area contributed by atoms with Crippen molar-refractivity contribution in [2.24, 2.45) is 0 Å². The number of imidazole rings is 1. The highest BCUT2D eigenvalue weighted by Gasteiger charge is 2.13. The molecule has 0 aliphatic heterocycles. The molecule has 0 bridgehead atoms. The molecule has 0 aliphatic carbocycles. The lowest BCUT2D eigenvalue weighted by atomic mass is 10.2. The van der Waals surface area contributed by atoms with Gasteiger partial charge in [-0.1, -0.05) is 48.0 Å². The van der Waals surface area contributed by atoms with Crippen LogP contribution in [0.2, 0.25) is 5.02 Å². The molecule has 0 spiro atoms. The molecule has 0 unspecified atom stereocenters. The lowest BCUT2D eigenvalue weighted by Crippen LogP contribution is -2.31. The van der Waals surface area contributed by atoms with Crippen molar-refractivity contribution in [2.75, 3.05) is 11.9 Å². The third-order valence-corrected chi connectivity index (χ3v) is 5.08. The zero-order valence-corrected chi connectivity index (χ0v) is 16.6. The zero-order valence-electron chi connectivity index (χ0n) is 15.9. The van der Waals surface area contributed by atoms with Crippen LogP contribution in [0.25, 0.3) is 22.6 Å². The van der Waals surface area contributed by atoms with Crippen LogP contribution in [0, 0.1) is 6.92 Å². The molecule has 4 aromatic rings. The van der Waals surface area contributed by atoms with Crippen molar-refractivity contribution >= 4 is 34.5 Å². The summed E-state index contributed by atoms with van der Waals surface area (Å²) in [5.74, 6) is 0.826. The molecular formula is C22H20ClN5O. The SMILES string of the molecule is Cc1c(Cl)cccc1NC(=O)NCCn1c(-c2ccccc2)nc2cccnc21. The number of nitrogens with zero attached hydrogens (tertiary/aromatic N) is 3. The lowest BCUT2D eigenvalue weighted by Gasteiger charge is -2.12. The van der Waals surface area contributed by atoms with Gasteiger partial charge in [-0.3, -0.25) is 0 Å². The van der Waals surface area contributed by atoms with Crippen molar-refractivity contribution in [1.82, 2.24) is 19.9 Å². The molecule has 2 amide bonds. The monoisotopic (exact) mass is 405 g/mol. The predicted molar refractivity (Wildman–Crippen MR) is 116 cm³/mol. The molecule has 0 saturated heterocycles. The van der Waals surface area contributed by atoms with Crippen molar-refractivity contribution < 1.29 is 4.79 Å². The fourth-order valence-electron chi connectivity index (χ4n) is 3.17.